The maximum absolute atomic E-state index is 11.9. The average molecular weight is 231 g/mol. The fraction of sp³-hybridized carbons (Fsp3) is 0.0714. The maximum atomic E-state index is 11.9. The predicted octanol–water partition coefficient (Wildman–Crippen LogP) is 3.71. The SMILES string of the molecule is CC(=NO)c1ccccc1.Fc1ccccc1. The van der Waals surface area contributed by atoms with Crippen molar-refractivity contribution in [3.8, 4) is 0 Å². The first-order chi connectivity index (χ1) is 8.24. The van der Waals surface area contributed by atoms with Gasteiger partial charge in [0.25, 0.3) is 0 Å². The highest BCUT2D eigenvalue weighted by Gasteiger charge is 1.92. The first-order valence-electron chi connectivity index (χ1n) is 5.18. The van der Waals surface area contributed by atoms with Gasteiger partial charge >= 0.3 is 0 Å². The standard InChI is InChI=1S/C8H9NO.C6H5F/c1-7(9-10)8-5-3-2-4-6-8;7-6-4-2-1-3-5-6/h2-6,10H,1H3;1-5H. The van der Waals surface area contributed by atoms with Crippen LogP contribution in [0.25, 0.3) is 0 Å². The minimum Gasteiger partial charge on any atom is -0.411 e. The number of hydrogen-bond donors (Lipinski definition) is 1. The van der Waals surface area contributed by atoms with Crippen LogP contribution >= 0.6 is 0 Å². The summed E-state index contributed by atoms with van der Waals surface area (Å²) in [7, 11) is 0. The molecule has 1 N–H and O–H groups in total. The molecule has 2 aromatic rings. The van der Waals surface area contributed by atoms with Crippen LogP contribution < -0.4 is 0 Å². The van der Waals surface area contributed by atoms with Crippen molar-refractivity contribution >= 4 is 5.71 Å². The Morgan fingerprint density at radius 2 is 1.41 bits per heavy atom. The van der Waals surface area contributed by atoms with Crippen molar-refractivity contribution in [2.24, 2.45) is 5.16 Å². The summed E-state index contributed by atoms with van der Waals surface area (Å²) in [5, 5.41) is 11.5. The first-order valence-corrected chi connectivity index (χ1v) is 5.18. The topological polar surface area (TPSA) is 32.6 Å². The molecule has 88 valence electrons. The van der Waals surface area contributed by atoms with E-state index in [0.29, 0.717) is 5.71 Å². The van der Waals surface area contributed by atoms with Crippen LogP contribution in [0.5, 0.6) is 0 Å². The summed E-state index contributed by atoms with van der Waals surface area (Å²) in [5.74, 6) is -0.178. The zero-order valence-electron chi connectivity index (χ0n) is 9.55. The molecule has 2 nitrogen and oxygen atoms in total. The molecular weight excluding hydrogens is 217 g/mol. The van der Waals surface area contributed by atoms with Gasteiger partial charge in [-0.25, -0.2) is 4.39 Å². The van der Waals surface area contributed by atoms with Crippen molar-refractivity contribution in [3.05, 3.63) is 72.0 Å². The minimum atomic E-state index is -0.178. The zero-order chi connectivity index (χ0) is 12.5. The van der Waals surface area contributed by atoms with Crippen LogP contribution in [0.15, 0.2) is 65.8 Å². The van der Waals surface area contributed by atoms with Gasteiger partial charge in [-0.2, -0.15) is 0 Å². The van der Waals surface area contributed by atoms with Crippen molar-refractivity contribution in [3.63, 3.8) is 0 Å². The van der Waals surface area contributed by atoms with E-state index in [-0.39, 0.29) is 5.82 Å². The molecule has 0 bridgehead atoms. The van der Waals surface area contributed by atoms with E-state index in [2.05, 4.69) is 5.16 Å². The molecule has 0 aliphatic rings. The molecule has 0 radical (unpaired) electrons. The van der Waals surface area contributed by atoms with Gasteiger partial charge in [-0.05, 0) is 24.6 Å². The minimum absolute atomic E-state index is 0.178. The number of benzene rings is 2. The molecule has 2 aromatic carbocycles. The summed E-state index contributed by atoms with van der Waals surface area (Å²) < 4.78 is 11.9. The van der Waals surface area contributed by atoms with Crippen LogP contribution in [-0.2, 0) is 0 Å². The van der Waals surface area contributed by atoms with Gasteiger partial charge in [-0.3, -0.25) is 0 Å². The highest BCUT2D eigenvalue weighted by molar-refractivity contribution is 5.98. The third kappa shape index (κ3) is 4.93. The fourth-order valence-corrected chi connectivity index (χ4v) is 1.15. The third-order valence-electron chi connectivity index (χ3n) is 2.07. The van der Waals surface area contributed by atoms with Gasteiger partial charge in [0, 0.05) is 0 Å². The molecule has 0 aromatic heterocycles. The van der Waals surface area contributed by atoms with Gasteiger partial charge in [-0.15, -0.1) is 0 Å². The smallest absolute Gasteiger partial charge is 0.123 e. The van der Waals surface area contributed by atoms with Gasteiger partial charge in [-0.1, -0.05) is 53.7 Å². The van der Waals surface area contributed by atoms with E-state index in [1.54, 1.807) is 25.1 Å². The van der Waals surface area contributed by atoms with Crippen LogP contribution in [0, 0.1) is 5.82 Å². The van der Waals surface area contributed by atoms with E-state index >= 15 is 0 Å². The summed E-state index contributed by atoms with van der Waals surface area (Å²) in [6.07, 6.45) is 0. The summed E-state index contributed by atoms with van der Waals surface area (Å²) >= 11 is 0. The number of nitrogens with zero attached hydrogens (tertiary/aromatic N) is 1. The van der Waals surface area contributed by atoms with Crippen molar-refractivity contribution in [2.45, 2.75) is 6.92 Å². The Morgan fingerprint density at radius 3 is 1.76 bits per heavy atom. The summed E-state index contributed by atoms with van der Waals surface area (Å²) in [6, 6.07) is 17.5. The van der Waals surface area contributed by atoms with E-state index in [0.717, 1.165) is 5.56 Å². The fourth-order valence-electron chi connectivity index (χ4n) is 1.15. The Labute approximate surface area is 100 Å². The van der Waals surface area contributed by atoms with E-state index in [1.165, 1.54) is 12.1 Å². The maximum Gasteiger partial charge on any atom is 0.123 e. The van der Waals surface area contributed by atoms with Crippen molar-refractivity contribution < 1.29 is 9.60 Å². The van der Waals surface area contributed by atoms with Gasteiger partial charge in [0.05, 0.1) is 5.71 Å². The molecule has 2 rings (SSSR count). The van der Waals surface area contributed by atoms with E-state index < -0.39 is 0 Å². The van der Waals surface area contributed by atoms with Crippen LogP contribution in [0.1, 0.15) is 12.5 Å². The molecule has 0 atom stereocenters. The van der Waals surface area contributed by atoms with Crippen LogP contribution in [0.2, 0.25) is 0 Å². The number of rotatable bonds is 1. The Bertz CT molecular complexity index is 454. The van der Waals surface area contributed by atoms with Crippen LogP contribution in [0.4, 0.5) is 4.39 Å². The average Bonchev–Trinajstić information content (AvgIpc) is 2.40. The number of hydrogen-bond acceptors (Lipinski definition) is 2. The van der Waals surface area contributed by atoms with E-state index in [4.69, 9.17) is 5.21 Å². The highest BCUT2D eigenvalue weighted by Crippen LogP contribution is 1.99. The molecule has 0 fully saturated rings. The second kappa shape index (κ2) is 7.17. The second-order valence-corrected chi connectivity index (χ2v) is 3.35. The van der Waals surface area contributed by atoms with Crippen molar-refractivity contribution in [2.75, 3.05) is 0 Å². The Kier molecular flexibility index (Phi) is 5.44. The molecule has 3 heteroatoms. The lowest BCUT2D eigenvalue weighted by molar-refractivity contribution is 0.319. The van der Waals surface area contributed by atoms with Gasteiger partial charge < -0.3 is 5.21 Å². The van der Waals surface area contributed by atoms with Crippen molar-refractivity contribution in [1.29, 1.82) is 0 Å². The molecular formula is C14H14FNO. The normalized spacial score (nSPS) is 10.4. The quantitative estimate of drug-likeness (QED) is 0.453. The highest BCUT2D eigenvalue weighted by atomic mass is 19.1. The van der Waals surface area contributed by atoms with Crippen LogP contribution in [-0.4, -0.2) is 10.9 Å². The Balaban J connectivity index is 0.000000181. The van der Waals surface area contributed by atoms with Gasteiger partial charge in [0.2, 0.25) is 0 Å². The molecule has 0 amide bonds. The van der Waals surface area contributed by atoms with Crippen molar-refractivity contribution in [1.82, 2.24) is 0 Å². The monoisotopic (exact) mass is 231 g/mol. The molecule has 0 unspecified atom stereocenters. The van der Waals surface area contributed by atoms with Gasteiger partial charge in [0.1, 0.15) is 5.82 Å². The Morgan fingerprint density at radius 1 is 0.941 bits per heavy atom. The Hall–Kier alpha value is -2.16. The zero-order valence-corrected chi connectivity index (χ0v) is 9.55. The number of oxime groups is 1. The molecule has 0 heterocycles. The molecule has 0 aliphatic heterocycles. The predicted molar refractivity (Wildman–Crippen MR) is 66.8 cm³/mol. The molecule has 17 heavy (non-hydrogen) atoms. The second-order valence-electron chi connectivity index (χ2n) is 3.35. The van der Waals surface area contributed by atoms with Crippen LogP contribution in [0.3, 0.4) is 0 Å². The lowest BCUT2D eigenvalue weighted by atomic mass is 10.1. The summed E-state index contributed by atoms with van der Waals surface area (Å²) in [6.45, 7) is 1.76. The van der Waals surface area contributed by atoms with E-state index in [9.17, 15) is 4.39 Å². The summed E-state index contributed by atoms with van der Waals surface area (Å²) in [4.78, 5) is 0. The molecule has 0 saturated heterocycles. The van der Waals surface area contributed by atoms with Gasteiger partial charge in [0.15, 0.2) is 0 Å². The largest absolute Gasteiger partial charge is 0.411 e. The van der Waals surface area contributed by atoms with E-state index in [1.807, 2.05) is 30.3 Å². The molecule has 0 aliphatic carbocycles. The first kappa shape index (κ1) is 12.9. The molecule has 0 spiro atoms. The lowest BCUT2D eigenvalue weighted by Crippen LogP contribution is -1.92. The summed E-state index contributed by atoms with van der Waals surface area (Å²) in [5.41, 5.74) is 1.59. The number of halogens is 1. The lowest BCUT2D eigenvalue weighted by Gasteiger charge is -1.94. The third-order valence-corrected chi connectivity index (χ3v) is 2.07. The molecule has 0 saturated carbocycles.